The van der Waals surface area contributed by atoms with Crippen molar-refractivity contribution in [3.8, 4) is 0 Å². The molecule has 2 aliphatic carbocycles. The van der Waals surface area contributed by atoms with E-state index in [0.717, 1.165) is 60.2 Å². The zero-order chi connectivity index (χ0) is 25.2. The Hall–Kier alpha value is -3.62. The second-order valence-corrected chi connectivity index (χ2v) is 10.1. The molecule has 1 aromatic carbocycles. The highest BCUT2D eigenvalue weighted by molar-refractivity contribution is 6.04. The highest BCUT2D eigenvalue weighted by atomic mass is 16.3. The molecule has 0 bridgehead atoms. The predicted molar refractivity (Wildman–Crippen MR) is 147 cm³/mol. The molecule has 0 amide bonds. The Morgan fingerprint density at radius 2 is 1.97 bits per heavy atom. The summed E-state index contributed by atoms with van der Waals surface area (Å²) in [5, 5.41) is 17.6. The third-order valence-electron chi connectivity index (χ3n) is 7.53. The first kappa shape index (κ1) is 23.8. The number of pyridine rings is 2. The van der Waals surface area contributed by atoms with E-state index in [2.05, 4.69) is 49.3 Å². The lowest BCUT2D eigenvalue weighted by Gasteiger charge is -2.32. The minimum Gasteiger partial charge on any atom is -0.390 e. The van der Waals surface area contributed by atoms with Crippen molar-refractivity contribution in [3.63, 3.8) is 0 Å². The number of aliphatic imine (C=N–C) groups is 2. The summed E-state index contributed by atoms with van der Waals surface area (Å²) in [6.07, 6.45) is 8.13. The number of benzene rings is 1. The van der Waals surface area contributed by atoms with Crippen LogP contribution in [0.15, 0.2) is 65.0 Å². The molecule has 2 fully saturated rings. The van der Waals surface area contributed by atoms with Gasteiger partial charge in [-0.15, -0.1) is 0 Å². The van der Waals surface area contributed by atoms with Gasteiger partial charge in [0, 0.05) is 50.6 Å². The summed E-state index contributed by atoms with van der Waals surface area (Å²) in [6.45, 7) is 7.98. The molecule has 6 rings (SSSR count). The summed E-state index contributed by atoms with van der Waals surface area (Å²) in [5.41, 5.74) is 6.48. The van der Waals surface area contributed by atoms with Gasteiger partial charge < -0.3 is 20.6 Å². The topological polar surface area (TPSA) is 98.0 Å². The van der Waals surface area contributed by atoms with Crippen LogP contribution in [0.3, 0.4) is 0 Å². The third kappa shape index (κ3) is 4.99. The van der Waals surface area contributed by atoms with E-state index in [-0.39, 0.29) is 6.04 Å². The van der Waals surface area contributed by atoms with E-state index in [9.17, 15) is 5.11 Å². The van der Waals surface area contributed by atoms with E-state index in [1.54, 1.807) is 6.20 Å². The number of rotatable bonds is 7. The molecule has 2 aromatic heterocycles. The Balaban J connectivity index is 1.29. The maximum absolute atomic E-state index is 10.7. The number of piperazine rings is 1. The smallest absolute Gasteiger partial charge is 0.133 e. The second-order valence-electron chi connectivity index (χ2n) is 10.1. The van der Waals surface area contributed by atoms with Crippen molar-refractivity contribution in [2.24, 2.45) is 9.98 Å². The Morgan fingerprint density at radius 3 is 2.78 bits per heavy atom. The summed E-state index contributed by atoms with van der Waals surface area (Å²) in [5.74, 6) is 2.24. The average Bonchev–Trinajstić information content (AvgIpc) is 3.74. The summed E-state index contributed by atoms with van der Waals surface area (Å²) in [7, 11) is 0. The van der Waals surface area contributed by atoms with Gasteiger partial charge >= 0.3 is 0 Å². The van der Waals surface area contributed by atoms with E-state index in [0.29, 0.717) is 18.9 Å². The van der Waals surface area contributed by atoms with E-state index in [4.69, 9.17) is 4.99 Å². The standard InChI is InChI=1S/C29H33N7O/c1-30-24-18-32-17-23(20-6-7-20)27(24)29(36-12-10-31-11-13-36)34-16-19-8-9-33-26(14-19)35-28-22-5-3-2-4-21(22)15-25(28)37/h2-5,8-9,14,17-18,20,25,28,31,37H,1,6-7,10-13,15-16H2,(H,33,35)/t25-,28?/m0/s1. The van der Waals surface area contributed by atoms with Gasteiger partial charge in [0.25, 0.3) is 0 Å². The van der Waals surface area contributed by atoms with Crippen molar-refractivity contribution in [2.75, 3.05) is 31.5 Å². The lowest BCUT2D eigenvalue weighted by atomic mass is 10.0. The molecule has 3 aliphatic rings. The Labute approximate surface area is 217 Å². The lowest BCUT2D eigenvalue weighted by molar-refractivity contribution is 0.165. The predicted octanol–water partition coefficient (Wildman–Crippen LogP) is 3.61. The highest BCUT2D eigenvalue weighted by Crippen LogP contribution is 2.43. The summed E-state index contributed by atoms with van der Waals surface area (Å²) in [6, 6.07) is 12.1. The summed E-state index contributed by atoms with van der Waals surface area (Å²) < 4.78 is 0. The van der Waals surface area contributed by atoms with E-state index >= 15 is 0 Å². The van der Waals surface area contributed by atoms with Crippen molar-refractivity contribution in [2.45, 2.75) is 43.9 Å². The molecule has 1 saturated carbocycles. The SMILES string of the molecule is C=Nc1cncc(C2CC2)c1C(=NCc1ccnc(NC2c3ccccc3C[C@@H]2O)c1)N1CCNCC1. The number of hydrogen-bond donors (Lipinski definition) is 3. The van der Waals surface area contributed by atoms with Crippen LogP contribution in [0.4, 0.5) is 11.5 Å². The fourth-order valence-electron chi connectivity index (χ4n) is 5.47. The molecule has 1 aliphatic heterocycles. The molecule has 1 unspecified atom stereocenters. The van der Waals surface area contributed by atoms with Gasteiger partial charge in [0.05, 0.1) is 30.6 Å². The van der Waals surface area contributed by atoms with Crippen LogP contribution in [-0.2, 0) is 13.0 Å². The molecule has 0 radical (unpaired) electrons. The van der Waals surface area contributed by atoms with Gasteiger partial charge in [0.1, 0.15) is 11.7 Å². The monoisotopic (exact) mass is 495 g/mol. The first-order valence-electron chi connectivity index (χ1n) is 13.1. The number of nitrogens with one attached hydrogen (secondary N) is 2. The summed E-state index contributed by atoms with van der Waals surface area (Å²) in [4.78, 5) is 20.9. The molecule has 190 valence electrons. The second kappa shape index (κ2) is 10.4. The van der Waals surface area contributed by atoms with Crippen LogP contribution in [0.5, 0.6) is 0 Å². The van der Waals surface area contributed by atoms with Crippen LogP contribution in [0.25, 0.3) is 0 Å². The largest absolute Gasteiger partial charge is 0.390 e. The lowest BCUT2D eigenvalue weighted by Crippen LogP contribution is -2.47. The molecular formula is C29H33N7O. The fourth-order valence-corrected chi connectivity index (χ4v) is 5.47. The number of anilines is 1. The van der Waals surface area contributed by atoms with Gasteiger partial charge in [-0.2, -0.15) is 0 Å². The van der Waals surface area contributed by atoms with Gasteiger partial charge in [-0.25, -0.2) is 4.98 Å². The Kier molecular flexibility index (Phi) is 6.68. The van der Waals surface area contributed by atoms with Gasteiger partial charge in [-0.1, -0.05) is 24.3 Å². The molecule has 3 aromatic rings. The van der Waals surface area contributed by atoms with Crippen LogP contribution in [0, 0.1) is 0 Å². The number of nitrogens with zero attached hydrogens (tertiary/aromatic N) is 5. The third-order valence-corrected chi connectivity index (χ3v) is 7.53. The van der Waals surface area contributed by atoms with Crippen molar-refractivity contribution in [1.29, 1.82) is 0 Å². The fraction of sp³-hybridized carbons (Fsp3) is 0.379. The number of hydrogen-bond acceptors (Lipinski definition) is 7. The number of aromatic nitrogens is 2. The first-order chi connectivity index (χ1) is 18.2. The van der Waals surface area contributed by atoms with Crippen LogP contribution >= 0.6 is 0 Å². The van der Waals surface area contributed by atoms with Gasteiger partial charge in [-0.3, -0.25) is 15.0 Å². The zero-order valence-corrected chi connectivity index (χ0v) is 21.0. The Bertz CT molecular complexity index is 1310. The van der Waals surface area contributed by atoms with Crippen LogP contribution in [-0.4, -0.2) is 64.8 Å². The first-order valence-corrected chi connectivity index (χ1v) is 13.1. The van der Waals surface area contributed by atoms with Crippen molar-refractivity contribution >= 4 is 24.1 Å². The molecule has 3 N–H and O–H groups in total. The summed E-state index contributed by atoms with van der Waals surface area (Å²) >= 11 is 0. The van der Waals surface area contributed by atoms with Crippen LogP contribution in [0.2, 0.25) is 0 Å². The highest BCUT2D eigenvalue weighted by Gasteiger charge is 2.32. The van der Waals surface area contributed by atoms with Crippen LogP contribution in [0.1, 0.15) is 52.6 Å². The molecular weight excluding hydrogens is 462 g/mol. The number of aliphatic hydroxyl groups excluding tert-OH is 1. The maximum Gasteiger partial charge on any atom is 0.133 e. The number of fused-ring (bicyclic) bond motifs is 1. The number of amidine groups is 1. The molecule has 0 spiro atoms. The molecule has 1 saturated heterocycles. The van der Waals surface area contributed by atoms with Crippen molar-refractivity contribution in [3.05, 3.63) is 82.8 Å². The minimum absolute atomic E-state index is 0.169. The van der Waals surface area contributed by atoms with E-state index < -0.39 is 6.10 Å². The van der Waals surface area contributed by atoms with Crippen molar-refractivity contribution in [1.82, 2.24) is 20.2 Å². The average molecular weight is 496 g/mol. The molecule has 8 nitrogen and oxygen atoms in total. The quantitative estimate of drug-likeness (QED) is 0.342. The van der Waals surface area contributed by atoms with Gasteiger partial charge in [0.2, 0.25) is 0 Å². The zero-order valence-electron chi connectivity index (χ0n) is 21.0. The molecule has 37 heavy (non-hydrogen) atoms. The molecule has 3 heterocycles. The van der Waals surface area contributed by atoms with E-state index in [1.807, 2.05) is 36.7 Å². The normalized spacial score (nSPS) is 21.5. The maximum atomic E-state index is 10.7. The minimum atomic E-state index is -0.474. The van der Waals surface area contributed by atoms with Crippen molar-refractivity contribution < 1.29 is 5.11 Å². The number of aliphatic hydroxyl groups is 1. The van der Waals surface area contributed by atoms with Gasteiger partial charge in [0.15, 0.2) is 0 Å². The van der Waals surface area contributed by atoms with Crippen LogP contribution < -0.4 is 10.6 Å². The van der Waals surface area contributed by atoms with E-state index in [1.165, 1.54) is 24.0 Å². The van der Waals surface area contributed by atoms with Gasteiger partial charge in [-0.05, 0) is 59.9 Å². The Morgan fingerprint density at radius 1 is 1.14 bits per heavy atom. The molecule has 2 atom stereocenters. The molecule has 8 heteroatoms.